The molecule has 1 aliphatic rings. The average Bonchev–Trinajstić information content (AvgIpc) is 3.02. The molecule has 0 N–H and O–H groups in total. The van der Waals surface area contributed by atoms with Crippen molar-refractivity contribution in [3.8, 4) is 5.88 Å². The summed E-state index contributed by atoms with van der Waals surface area (Å²) in [6, 6.07) is 0. The molecule has 0 atom stereocenters. The lowest BCUT2D eigenvalue weighted by Gasteiger charge is -2.35. The maximum atomic E-state index is 12.1. The van der Waals surface area contributed by atoms with Crippen LogP contribution in [0.2, 0.25) is 0 Å². The van der Waals surface area contributed by atoms with E-state index in [9.17, 15) is 4.79 Å². The van der Waals surface area contributed by atoms with E-state index in [-0.39, 0.29) is 11.4 Å². The van der Waals surface area contributed by atoms with Crippen molar-refractivity contribution >= 4 is 23.5 Å². The molecule has 0 saturated carbocycles. The van der Waals surface area contributed by atoms with Gasteiger partial charge in [-0.15, -0.1) is 4.37 Å². The fourth-order valence-electron chi connectivity index (χ4n) is 2.65. The summed E-state index contributed by atoms with van der Waals surface area (Å²) in [5.41, 5.74) is -0.172. The Morgan fingerprint density at radius 2 is 2.04 bits per heavy atom. The minimum Gasteiger partial charge on any atom is -0.474 e. The van der Waals surface area contributed by atoms with Crippen LogP contribution in [0.1, 0.15) is 40.5 Å². The lowest BCUT2D eigenvalue weighted by Crippen LogP contribution is -2.46. The van der Waals surface area contributed by atoms with Gasteiger partial charge in [-0.3, -0.25) is 4.79 Å². The number of anilines is 1. The lowest BCUT2D eigenvalue weighted by molar-refractivity contribution is -0.135. The maximum Gasteiger partial charge on any atom is 0.270 e. The summed E-state index contributed by atoms with van der Waals surface area (Å²) in [6.07, 6.45) is 1.29. The van der Waals surface area contributed by atoms with Gasteiger partial charge in [0, 0.05) is 31.6 Å². The van der Waals surface area contributed by atoms with Crippen molar-refractivity contribution in [1.82, 2.24) is 13.6 Å². The zero-order chi connectivity index (χ0) is 17.6. The summed E-state index contributed by atoms with van der Waals surface area (Å²) in [4.78, 5) is 16.1. The van der Waals surface area contributed by atoms with Gasteiger partial charge >= 0.3 is 0 Å². The van der Waals surface area contributed by atoms with Crippen LogP contribution in [0.3, 0.4) is 0 Å². The van der Waals surface area contributed by atoms with Gasteiger partial charge in [0.25, 0.3) is 5.88 Å². The molecule has 1 amide bonds. The molecule has 24 heavy (non-hydrogen) atoms. The third-order valence-electron chi connectivity index (χ3n) is 3.93. The quantitative estimate of drug-likeness (QED) is 0.698. The number of ether oxygens (including phenoxy) is 2. The Morgan fingerprint density at radius 3 is 2.67 bits per heavy atom. The van der Waals surface area contributed by atoms with Crippen molar-refractivity contribution in [3.05, 3.63) is 0 Å². The molecule has 2 rings (SSSR count). The highest BCUT2D eigenvalue weighted by Crippen LogP contribution is 2.26. The van der Waals surface area contributed by atoms with E-state index in [2.05, 4.69) is 34.4 Å². The number of rotatable bonds is 7. The second kappa shape index (κ2) is 8.62. The van der Waals surface area contributed by atoms with E-state index in [0.717, 1.165) is 37.1 Å². The highest BCUT2D eigenvalue weighted by atomic mass is 32.1. The SMILES string of the molecule is CCC(=O)N(CCCOc1nsnc1N1CCOCC1)C(C)(C)C. The summed E-state index contributed by atoms with van der Waals surface area (Å²) in [6.45, 7) is 12.3. The summed E-state index contributed by atoms with van der Waals surface area (Å²) >= 11 is 1.16. The van der Waals surface area contributed by atoms with Crippen LogP contribution in [-0.2, 0) is 9.53 Å². The van der Waals surface area contributed by atoms with E-state index in [1.807, 2.05) is 11.8 Å². The molecule has 0 bridgehead atoms. The van der Waals surface area contributed by atoms with Gasteiger partial charge < -0.3 is 19.3 Å². The molecule has 1 fully saturated rings. The minimum absolute atomic E-state index is 0.172. The second-order valence-corrected chi connectivity index (χ2v) is 7.29. The number of carbonyl (C=O) groups is 1. The van der Waals surface area contributed by atoms with Gasteiger partial charge in [0.2, 0.25) is 11.7 Å². The van der Waals surface area contributed by atoms with Crippen molar-refractivity contribution in [2.24, 2.45) is 0 Å². The van der Waals surface area contributed by atoms with E-state index in [1.54, 1.807) is 0 Å². The van der Waals surface area contributed by atoms with Gasteiger partial charge in [-0.1, -0.05) is 6.92 Å². The number of nitrogens with zero attached hydrogens (tertiary/aromatic N) is 4. The van der Waals surface area contributed by atoms with Gasteiger partial charge in [-0.2, -0.15) is 4.37 Å². The van der Waals surface area contributed by atoms with Crippen LogP contribution in [0.15, 0.2) is 0 Å². The predicted octanol–water partition coefficient (Wildman–Crippen LogP) is 2.18. The van der Waals surface area contributed by atoms with Gasteiger partial charge in [0.1, 0.15) is 0 Å². The summed E-state index contributed by atoms with van der Waals surface area (Å²) in [7, 11) is 0. The molecule has 7 nitrogen and oxygen atoms in total. The molecule has 0 aromatic carbocycles. The number of carbonyl (C=O) groups excluding carboxylic acids is 1. The Balaban J connectivity index is 1.84. The smallest absolute Gasteiger partial charge is 0.270 e. The monoisotopic (exact) mass is 356 g/mol. The van der Waals surface area contributed by atoms with E-state index in [4.69, 9.17) is 9.47 Å². The third-order valence-corrected chi connectivity index (χ3v) is 4.43. The Morgan fingerprint density at radius 1 is 1.33 bits per heavy atom. The van der Waals surface area contributed by atoms with E-state index in [0.29, 0.717) is 38.7 Å². The van der Waals surface area contributed by atoms with Crippen LogP contribution in [0.25, 0.3) is 0 Å². The molecule has 0 radical (unpaired) electrons. The lowest BCUT2D eigenvalue weighted by atomic mass is 10.1. The van der Waals surface area contributed by atoms with Crippen LogP contribution in [0.5, 0.6) is 5.88 Å². The molecule has 0 spiro atoms. The summed E-state index contributed by atoms with van der Waals surface area (Å²) < 4.78 is 19.8. The number of hydrogen-bond acceptors (Lipinski definition) is 7. The first-order valence-corrected chi connectivity index (χ1v) is 9.25. The number of hydrogen-bond donors (Lipinski definition) is 0. The fraction of sp³-hybridized carbons (Fsp3) is 0.812. The molecule has 2 heterocycles. The molecular weight excluding hydrogens is 328 g/mol. The molecule has 136 valence electrons. The molecule has 0 unspecified atom stereocenters. The van der Waals surface area contributed by atoms with Gasteiger partial charge in [0.05, 0.1) is 31.5 Å². The van der Waals surface area contributed by atoms with Crippen LogP contribution in [0.4, 0.5) is 5.82 Å². The topological polar surface area (TPSA) is 67.8 Å². The number of morpholine rings is 1. The molecule has 1 aromatic rings. The molecule has 1 aliphatic heterocycles. The van der Waals surface area contributed by atoms with Crippen molar-refractivity contribution in [2.75, 3.05) is 44.4 Å². The van der Waals surface area contributed by atoms with Crippen molar-refractivity contribution < 1.29 is 14.3 Å². The highest BCUT2D eigenvalue weighted by molar-refractivity contribution is 6.99. The largest absolute Gasteiger partial charge is 0.474 e. The standard InChI is InChI=1S/C16H28N4O3S/c1-5-13(21)20(16(2,3)4)7-6-10-23-15-14(17-24-18-15)19-8-11-22-12-9-19/h5-12H2,1-4H3. The van der Waals surface area contributed by atoms with Crippen LogP contribution in [-0.4, -0.2) is 64.5 Å². The third kappa shape index (κ3) is 5.04. The predicted molar refractivity (Wildman–Crippen MR) is 94.8 cm³/mol. The normalized spacial score (nSPS) is 15.4. The van der Waals surface area contributed by atoms with E-state index in [1.165, 1.54) is 0 Å². The second-order valence-electron chi connectivity index (χ2n) is 6.76. The van der Waals surface area contributed by atoms with Crippen LogP contribution < -0.4 is 9.64 Å². The van der Waals surface area contributed by atoms with Crippen molar-refractivity contribution in [3.63, 3.8) is 0 Å². The first kappa shape index (κ1) is 18.9. The minimum atomic E-state index is -0.172. The zero-order valence-corrected chi connectivity index (χ0v) is 15.9. The fourth-order valence-corrected chi connectivity index (χ4v) is 3.17. The van der Waals surface area contributed by atoms with Crippen molar-refractivity contribution in [1.29, 1.82) is 0 Å². The molecule has 0 aliphatic carbocycles. The highest BCUT2D eigenvalue weighted by Gasteiger charge is 2.25. The van der Waals surface area contributed by atoms with Gasteiger partial charge in [-0.25, -0.2) is 0 Å². The van der Waals surface area contributed by atoms with E-state index >= 15 is 0 Å². The van der Waals surface area contributed by atoms with Crippen LogP contribution >= 0.6 is 11.7 Å². The van der Waals surface area contributed by atoms with Crippen LogP contribution in [0, 0.1) is 0 Å². The zero-order valence-electron chi connectivity index (χ0n) is 15.1. The molecule has 1 saturated heterocycles. The van der Waals surface area contributed by atoms with E-state index < -0.39 is 0 Å². The number of aromatic nitrogens is 2. The Kier molecular flexibility index (Phi) is 6.79. The first-order valence-electron chi connectivity index (χ1n) is 8.52. The Labute approximate surface area is 148 Å². The van der Waals surface area contributed by atoms with Crippen molar-refractivity contribution in [2.45, 2.75) is 46.1 Å². The molecular formula is C16H28N4O3S. The first-order chi connectivity index (χ1) is 11.4. The average molecular weight is 356 g/mol. The summed E-state index contributed by atoms with van der Waals surface area (Å²) in [5.74, 6) is 1.57. The maximum absolute atomic E-state index is 12.1. The Bertz CT molecular complexity index is 524. The molecule has 8 heteroatoms. The number of amides is 1. The van der Waals surface area contributed by atoms with Gasteiger partial charge in [0.15, 0.2) is 0 Å². The van der Waals surface area contributed by atoms with Gasteiger partial charge in [-0.05, 0) is 27.2 Å². The summed E-state index contributed by atoms with van der Waals surface area (Å²) in [5, 5.41) is 0. The Hall–Kier alpha value is -1.41. The molecule has 1 aromatic heterocycles.